The summed E-state index contributed by atoms with van der Waals surface area (Å²) in [6, 6.07) is 8.54. The molecular weight excluding hydrogens is 236 g/mol. The molecule has 0 aliphatic heterocycles. The van der Waals surface area contributed by atoms with Crippen LogP contribution in [-0.2, 0) is 7.05 Å². The first-order chi connectivity index (χ1) is 9.10. The Morgan fingerprint density at radius 2 is 2.00 bits per heavy atom. The molecule has 0 bridgehead atoms. The number of nitrogens with two attached hydrogens (primary N) is 1. The van der Waals surface area contributed by atoms with Crippen molar-refractivity contribution < 1.29 is 0 Å². The molecule has 0 fully saturated rings. The summed E-state index contributed by atoms with van der Waals surface area (Å²) in [7, 11) is 1.91. The topological polar surface area (TPSA) is 47.1 Å². The second-order valence-electron chi connectivity index (χ2n) is 4.93. The smallest absolute Gasteiger partial charge is 0.0538 e. The van der Waals surface area contributed by atoms with Gasteiger partial charge in [-0.25, -0.2) is 0 Å². The molecule has 0 spiro atoms. The van der Waals surface area contributed by atoms with Crippen molar-refractivity contribution in [3.63, 3.8) is 0 Å². The summed E-state index contributed by atoms with van der Waals surface area (Å²) in [5.41, 5.74) is 9.82. The Balaban J connectivity index is 2.08. The monoisotopic (exact) mass is 258 g/mol. The van der Waals surface area contributed by atoms with Crippen molar-refractivity contribution in [2.45, 2.75) is 19.9 Å². The zero-order valence-electron chi connectivity index (χ0n) is 11.9. The van der Waals surface area contributed by atoms with Gasteiger partial charge in [-0.05, 0) is 26.0 Å². The molecule has 102 valence electrons. The van der Waals surface area contributed by atoms with Crippen molar-refractivity contribution in [2.75, 3.05) is 18.0 Å². The summed E-state index contributed by atoms with van der Waals surface area (Å²) in [6.45, 7) is 5.99. The van der Waals surface area contributed by atoms with E-state index in [1.54, 1.807) is 4.68 Å². The third-order valence-corrected chi connectivity index (χ3v) is 3.35. The second-order valence-corrected chi connectivity index (χ2v) is 4.93. The first kappa shape index (κ1) is 13.6. The van der Waals surface area contributed by atoms with E-state index in [-0.39, 0.29) is 6.04 Å². The van der Waals surface area contributed by atoms with Crippen LogP contribution in [0.4, 0.5) is 5.69 Å². The second kappa shape index (κ2) is 5.89. The van der Waals surface area contributed by atoms with Gasteiger partial charge in [-0.1, -0.05) is 17.7 Å². The molecule has 0 saturated carbocycles. The van der Waals surface area contributed by atoms with Gasteiger partial charge >= 0.3 is 0 Å². The van der Waals surface area contributed by atoms with Crippen LogP contribution in [0.5, 0.6) is 0 Å². The lowest BCUT2D eigenvalue weighted by Gasteiger charge is -2.26. The van der Waals surface area contributed by atoms with Gasteiger partial charge in [0.05, 0.1) is 12.2 Å². The minimum Gasteiger partial charge on any atom is -0.370 e. The molecule has 0 radical (unpaired) electrons. The SMILES string of the molecule is CCN(CC(N)c1cnn(C)c1)c1ccc(C)cc1. The fraction of sp³-hybridized carbons (Fsp3) is 0.400. The van der Waals surface area contributed by atoms with E-state index in [0.29, 0.717) is 0 Å². The Kier molecular flexibility index (Phi) is 4.22. The number of anilines is 1. The maximum absolute atomic E-state index is 6.26. The number of likely N-dealkylation sites (N-methyl/N-ethyl adjacent to an activating group) is 1. The molecule has 19 heavy (non-hydrogen) atoms. The molecule has 2 N–H and O–H groups in total. The van der Waals surface area contributed by atoms with E-state index < -0.39 is 0 Å². The van der Waals surface area contributed by atoms with Gasteiger partial charge in [-0.3, -0.25) is 4.68 Å². The Morgan fingerprint density at radius 1 is 1.32 bits per heavy atom. The zero-order valence-corrected chi connectivity index (χ0v) is 11.9. The van der Waals surface area contributed by atoms with Crippen LogP contribution in [0.25, 0.3) is 0 Å². The van der Waals surface area contributed by atoms with Crippen LogP contribution in [-0.4, -0.2) is 22.9 Å². The van der Waals surface area contributed by atoms with Gasteiger partial charge in [0.1, 0.15) is 0 Å². The number of hydrogen-bond donors (Lipinski definition) is 1. The summed E-state index contributed by atoms with van der Waals surface area (Å²) in [5, 5.41) is 4.17. The van der Waals surface area contributed by atoms with Crippen LogP contribution in [0.3, 0.4) is 0 Å². The lowest BCUT2D eigenvalue weighted by Crippen LogP contribution is -2.31. The van der Waals surface area contributed by atoms with Crippen molar-refractivity contribution in [2.24, 2.45) is 12.8 Å². The fourth-order valence-electron chi connectivity index (χ4n) is 2.15. The molecule has 0 saturated heterocycles. The maximum Gasteiger partial charge on any atom is 0.0538 e. The van der Waals surface area contributed by atoms with E-state index in [1.807, 2.05) is 19.4 Å². The Labute approximate surface area is 114 Å². The standard InChI is InChI=1S/C15H22N4/c1-4-19(14-7-5-12(2)6-8-14)11-15(16)13-9-17-18(3)10-13/h5-10,15H,4,11,16H2,1-3H3. The van der Waals surface area contributed by atoms with E-state index in [9.17, 15) is 0 Å². The van der Waals surface area contributed by atoms with Crippen molar-refractivity contribution in [3.05, 3.63) is 47.8 Å². The minimum absolute atomic E-state index is 0.0186. The Hall–Kier alpha value is -1.81. The van der Waals surface area contributed by atoms with Crippen LogP contribution in [0.15, 0.2) is 36.7 Å². The molecule has 0 aliphatic carbocycles. The van der Waals surface area contributed by atoms with E-state index >= 15 is 0 Å². The molecule has 4 nitrogen and oxygen atoms in total. The Bertz CT molecular complexity index is 515. The quantitative estimate of drug-likeness (QED) is 0.895. The molecule has 1 heterocycles. The van der Waals surface area contributed by atoms with E-state index in [2.05, 4.69) is 48.1 Å². The molecule has 1 aromatic heterocycles. The van der Waals surface area contributed by atoms with E-state index in [4.69, 9.17) is 5.73 Å². The minimum atomic E-state index is -0.0186. The first-order valence-electron chi connectivity index (χ1n) is 6.66. The van der Waals surface area contributed by atoms with Crippen LogP contribution in [0.1, 0.15) is 24.1 Å². The number of benzene rings is 1. The number of hydrogen-bond acceptors (Lipinski definition) is 3. The van der Waals surface area contributed by atoms with Gasteiger partial charge in [-0.2, -0.15) is 5.10 Å². The van der Waals surface area contributed by atoms with E-state index in [0.717, 1.165) is 18.7 Å². The summed E-state index contributed by atoms with van der Waals surface area (Å²) < 4.78 is 1.79. The third-order valence-electron chi connectivity index (χ3n) is 3.35. The first-order valence-corrected chi connectivity index (χ1v) is 6.66. The number of aromatic nitrogens is 2. The average Bonchev–Trinajstić information content (AvgIpc) is 2.84. The van der Waals surface area contributed by atoms with Crippen LogP contribution < -0.4 is 10.6 Å². The lowest BCUT2D eigenvalue weighted by molar-refractivity contribution is 0.675. The van der Waals surface area contributed by atoms with Gasteiger partial charge in [0.15, 0.2) is 0 Å². The predicted molar refractivity (Wildman–Crippen MR) is 79.2 cm³/mol. The summed E-state index contributed by atoms with van der Waals surface area (Å²) in [5.74, 6) is 0. The molecule has 0 aliphatic rings. The number of rotatable bonds is 5. The number of aryl methyl sites for hydroxylation is 2. The molecule has 1 atom stereocenters. The van der Waals surface area contributed by atoms with Crippen LogP contribution in [0, 0.1) is 6.92 Å². The van der Waals surface area contributed by atoms with Crippen molar-refractivity contribution in [1.82, 2.24) is 9.78 Å². The summed E-state index contributed by atoms with van der Waals surface area (Å²) >= 11 is 0. The number of nitrogens with zero attached hydrogens (tertiary/aromatic N) is 3. The molecule has 2 aromatic rings. The largest absolute Gasteiger partial charge is 0.370 e. The van der Waals surface area contributed by atoms with Gasteiger partial charge in [0.2, 0.25) is 0 Å². The zero-order chi connectivity index (χ0) is 13.8. The van der Waals surface area contributed by atoms with Crippen LogP contribution >= 0.6 is 0 Å². The summed E-state index contributed by atoms with van der Waals surface area (Å²) in [4.78, 5) is 2.29. The van der Waals surface area contributed by atoms with Crippen molar-refractivity contribution in [3.8, 4) is 0 Å². The van der Waals surface area contributed by atoms with Crippen molar-refractivity contribution in [1.29, 1.82) is 0 Å². The maximum atomic E-state index is 6.26. The van der Waals surface area contributed by atoms with Gasteiger partial charge in [0, 0.05) is 37.6 Å². The molecular formula is C15H22N4. The van der Waals surface area contributed by atoms with E-state index in [1.165, 1.54) is 11.3 Å². The highest BCUT2D eigenvalue weighted by Crippen LogP contribution is 2.18. The van der Waals surface area contributed by atoms with Gasteiger partial charge in [0.25, 0.3) is 0 Å². The van der Waals surface area contributed by atoms with Crippen LogP contribution in [0.2, 0.25) is 0 Å². The molecule has 1 aromatic carbocycles. The normalized spacial score (nSPS) is 12.4. The molecule has 1 unspecified atom stereocenters. The summed E-state index contributed by atoms with van der Waals surface area (Å²) in [6.07, 6.45) is 3.82. The average molecular weight is 258 g/mol. The van der Waals surface area contributed by atoms with Crippen molar-refractivity contribution >= 4 is 5.69 Å². The highest BCUT2D eigenvalue weighted by atomic mass is 15.2. The Morgan fingerprint density at radius 3 is 2.53 bits per heavy atom. The highest BCUT2D eigenvalue weighted by molar-refractivity contribution is 5.47. The molecule has 2 rings (SSSR count). The highest BCUT2D eigenvalue weighted by Gasteiger charge is 2.13. The predicted octanol–water partition coefficient (Wildman–Crippen LogP) is 2.25. The molecule has 0 amide bonds. The molecule has 4 heteroatoms. The van der Waals surface area contributed by atoms with Gasteiger partial charge in [-0.15, -0.1) is 0 Å². The fourth-order valence-corrected chi connectivity index (χ4v) is 2.15. The lowest BCUT2D eigenvalue weighted by atomic mass is 10.1. The van der Waals surface area contributed by atoms with Gasteiger partial charge < -0.3 is 10.6 Å². The third kappa shape index (κ3) is 3.35.